The summed E-state index contributed by atoms with van der Waals surface area (Å²) < 4.78 is 10.5. The Hall–Kier alpha value is -2.92. The topological polar surface area (TPSA) is 106 Å². The molecule has 0 unspecified atom stereocenters. The lowest BCUT2D eigenvalue weighted by atomic mass is 10.2. The number of thiazole rings is 1. The molecule has 35 heavy (non-hydrogen) atoms. The molecule has 0 saturated carbocycles. The Kier molecular flexibility index (Phi) is 7.46. The van der Waals surface area contributed by atoms with Gasteiger partial charge in [-0.25, -0.2) is 14.6 Å². The lowest BCUT2D eigenvalue weighted by molar-refractivity contribution is -0.155. The van der Waals surface area contributed by atoms with Crippen LogP contribution in [0.5, 0.6) is 0 Å². The molecule has 2 atom stereocenters. The highest BCUT2D eigenvalue weighted by Gasteiger charge is 2.53. The van der Waals surface area contributed by atoms with Gasteiger partial charge in [-0.05, 0) is 32.8 Å². The van der Waals surface area contributed by atoms with E-state index in [-0.39, 0.29) is 19.1 Å². The number of carbonyl (C=O) groups excluding carboxylic acids is 4. The lowest BCUT2D eigenvalue weighted by Crippen LogP contribution is -2.47. The third kappa shape index (κ3) is 5.20. The summed E-state index contributed by atoms with van der Waals surface area (Å²) in [5.41, 5.74) is 1.31. The molecule has 2 aromatic rings. The molecule has 1 aromatic carbocycles. The van der Waals surface area contributed by atoms with Gasteiger partial charge in [0.15, 0.2) is 11.7 Å². The maximum Gasteiger partial charge on any atom is 0.350 e. The van der Waals surface area contributed by atoms with E-state index in [1.807, 2.05) is 37.3 Å². The van der Waals surface area contributed by atoms with Crippen molar-refractivity contribution in [3.63, 3.8) is 0 Å². The second-order valence-corrected chi connectivity index (χ2v) is 10.9. The van der Waals surface area contributed by atoms with Crippen LogP contribution in [-0.4, -0.2) is 63.5 Å². The highest BCUT2D eigenvalue weighted by atomic mass is 32.2. The third-order valence-corrected chi connectivity index (χ3v) is 8.68. The number of aryl methyl sites for hydroxylation is 1. The van der Waals surface area contributed by atoms with Gasteiger partial charge < -0.3 is 14.4 Å². The first-order valence-electron chi connectivity index (χ1n) is 11.3. The Morgan fingerprint density at radius 1 is 1.23 bits per heavy atom. The van der Waals surface area contributed by atoms with Crippen molar-refractivity contribution in [3.05, 3.63) is 46.5 Å². The Bertz CT molecular complexity index is 1140. The van der Waals surface area contributed by atoms with E-state index >= 15 is 0 Å². The molecule has 2 aliphatic rings. The van der Waals surface area contributed by atoms with Crippen LogP contribution < -0.4 is 4.90 Å². The number of thioether (sulfide) groups is 1. The van der Waals surface area contributed by atoms with Crippen LogP contribution in [0.1, 0.15) is 47.6 Å². The van der Waals surface area contributed by atoms with Crippen molar-refractivity contribution in [2.75, 3.05) is 23.9 Å². The van der Waals surface area contributed by atoms with E-state index in [2.05, 4.69) is 4.98 Å². The zero-order valence-electron chi connectivity index (χ0n) is 19.8. The number of benzene rings is 1. The number of hydrogen-bond acceptors (Lipinski definition) is 9. The van der Waals surface area contributed by atoms with Crippen molar-refractivity contribution in [2.45, 2.75) is 51.1 Å². The minimum atomic E-state index is -0.701. The number of esters is 2. The zero-order chi connectivity index (χ0) is 25.2. The van der Waals surface area contributed by atoms with Crippen molar-refractivity contribution >= 4 is 52.0 Å². The Labute approximate surface area is 211 Å². The van der Waals surface area contributed by atoms with E-state index < -0.39 is 35.4 Å². The van der Waals surface area contributed by atoms with Crippen LogP contribution in [0.3, 0.4) is 0 Å². The average Bonchev–Trinajstić information content (AvgIpc) is 3.49. The Balaban J connectivity index is 1.50. The average molecular weight is 518 g/mol. The molecule has 4 rings (SSSR count). The quantitative estimate of drug-likeness (QED) is 0.492. The van der Waals surface area contributed by atoms with E-state index in [1.54, 1.807) is 30.5 Å². The van der Waals surface area contributed by atoms with E-state index in [9.17, 15) is 19.2 Å². The first-order valence-corrected chi connectivity index (χ1v) is 13.2. The smallest absolute Gasteiger partial charge is 0.350 e. The van der Waals surface area contributed by atoms with Crippen LogP contribution in [0.15, 0.2) is 30.3 Å². The molecule has 2 saturated heterocycles. The molecule has 0 bridgehead atoms. The third-order valence-electron chi connectivity index (χ3n) is 6.02. The van der Waals surface area contributed by atoms with E-state index in [0.29, 0.717) is 34.3 Å². The highest BCUT2D eigenvalue weighted by molar-refractivity contribution is 8.01. The Morgan fingerprint density at radius 2 is 1.97 bits per heavy atom. The molecule has 2 aliphatic heterocycles. The molecule has 0 spiro atoms. The first-order chi connectivity index (χ1) is 16.7. The van der Waals surface area contributed by atoms with Crippen LogP contribution in [-0.2, 0) is 30.4 Å². The highest BCUT2D eigenvalue weighted by Crippen LogP contribution is 2.47. The minimum absolute atomic E-state index is 0.0683. The molecular formula is C24H27N3O6S2. The second kappa shape index (κ2) is 10.4. The van der Waals surface area contributed by atoms with E-state index in [1.165, 1.54) is 4.90 Å². The second-order valence-electron chi connectivity index (χ2n) is 8.47. The van der Waals surface area contributed by atoms with Crippen molar-refractivity contribution in [1.82, 2.24) is 9.88 Å². The van der Waals surface area contributed by atoms with Crippen LogP contribution in [0.4, 0.5) is 5.13 Å². The van der Waals surface area contributed by atoms with Gasteiger partial charge >= 0.3 is 11.9 Å². The minimum Gasteiger partial charge on any atom is -0.462 e. The molecule has 0 radical (unpaired) electrons. The summed E-state index contributed by atoms with van der Waals surface area (Å²) in [6.07, 6.45) is 1.10. The fraction of sp³-hybridized carbons (Fsp3) is 0.458. The SMILES string of the molecule is CCOC(=O)c1sc(N(Cc2ccccc2)C(=O)COC(=O)[C@@H]2CS[C@@]3(C)CCC(=O)N23)nc1C. The summed E-state index contributed by atoms with van der Waals surface area (Å²) >= 11 is 2.62. The normalized spacial score (nSPS) is 21.1. The van der Waals surface area contributed by atoms with E-state index in [0.717, 1.165) is 16.9 Å². The van der Waals surface area contributed by atoms with Gasteiger partial charge in [-0.1, -0.05) is 41.7 Å². The number of rotatable bonds is 8. The van der Waals surface area contributed by atoms with Gasteiger partial charge in [0.2, 0.25) is 5.91 Å². The predicted molar refractivity (Wildman–Crippen MR) is 132 cm³/mol. The number of carbonyl (C=O) groups is 4. The number of anilines is 1. The summed E-state index contributed by atoms with van der Waals surface area (Å²) in [5, 5.41) is 0.314. The van der Waals surface area contributed by atoms with Crippen LogP contribution in [0.25, 0.3) is 0 Å². The monoisotopic (exact) mass is 517 g/mol. The van der Waals surface area contributed by atoms with Crippen LogP contribution in [0.2, 0.25) is 0 Å². The van der Waals surface area contributed by atoms with Gasteiger partial charge in [-0.15, -0.1) is 11.8 Å². The van der Waals surface area contributed by atoms with Crippen molar-refractivity contribution in [3.8, 4) is 0 Å². The maximum absolute atomic E-state index is 13.3. The summed E-state index contributed by atoms with van der Waals surface area (Å²) in [6.45, 7) is 5.27. The van der Waals surface area contributed by atoms with Gasteiger partial charge in [0.25, 0.3) is 5.91 Å². The van der Waals surface area contributed by atoms with Crippen LogP contribution >= 0.6 is 23.1 Å². The van der Waals surface area contributed by atoms with Crippen molar-refractivity contribution < 1.29 is 28.7 Å². The summed E-state index contributed by atoms with van der Waals surface area (Å²) in [5.74, 6) is -1.19. The van der Waals surface area contributed by atoms with E-state index in [4.69, 9.17) is 9.47 Å². The first kappa shape index (κ1) is 25.2. The fourth-order valence-electron chi connectivity index (χ4n) is 4.21. The van der Waals surface area contributed by atoms with Gasteiger partial charge in [0.1, 0.15) is 10.9 Å². The lowest BCUT2D eigenvalue weighted by Gasteiger charge is -2.29. The van der Waals surface area contributed by atoms with Gasteiger partial charge in [-0.2, -0.15) is 0 Å². The number of fused-ring (bicyclic) bond motifs is 1. The fourth-order valence-corrected chi connectivity index (χ4v) is 6.61. The predicted octanol–water partition coefficient (Wildman–Crippen LogP) is 3.16. The molecular weight excluding hydrogens is 490 g/mol. The molecule has 0 aliphatic carbocycles. The molecule has 186 valence electrons. The zero-order valence-corrected chi connectivity index (χ0v) is 21.4. The molecule has 3 heterocycles. The van der Waals surface area contributed by atoms with Gasteiger partial charge in [0, 0.05) is 12.2 Å². The maximum atomic E-state index is 13.3. The summed E-state index contributed by atoms with van der Waals surface area (Å²) in [4.78, 5) is 58.0. The number of aromatic nitrogens is 1. The number of nitrogens with zero attached hydrogens (tertiary/aromatic N) is 3. The summed E-state index contributed by atoms with van der Waals surface area (Å²) in [7, 11) is 0. The molecule has 2 amide bonds. The van der Waals surface area contributed by atoms with Crippen molar-refractivity contribution in [1.29, 1.82) is 0 Å². The van der Waals surface area contributed by atoms with Crippen LogP contribution in [0, 0.1) is 6.92 Å². The van der Waals surface area contributed by atoms with Gasteiger partial charge in [0.05, 0.1) is 23.7 Å². The molecule has 0 N–H and O–H groups in total. The molecule has 1 aromatic heterocycles. The standard InChI is InChI=1S/C24H27N3O6S2/c1-4-32-22(31)20-15(2)25-23(35-20)26(12-16-8-6-5-7-9-16)19(29)13-33-21(30)17-14-34-24(3)11-10-18(28)27(17)24/h5-9,17H,4,10-14H2,1-3H3/t17-,24-/m0/s1. The van der Waals surface area contributed by atoms with Crippen molar-refractivity contribution in [2.24, 2.45) is 0 Å². The Morgan fingerprint density at radius 3 is 2.69 bits per heavy atom. The molecule has 9 nitrogen and oxygen atoms in total. The molecule has 11 heteroatoms. The number of amides is 2. The summed E-state index contributed by atoms with van der Waals surface area (Å²) in [6, 6.07) is 8.63. The number of hydrogen-bond donors (Lipinski definition) is 0. The largest absolute Gasteiger partial charge is 0.462 e. The number of ether oxygens (including phenoxy) is 2. The molecule has 2 fully saturated rings. The van der Waals surface area contributed by atoms with Gasteiger partial charge in [-0.3, -0.25) is 14.5 Å².